The lowest BCUT2D eigenvalue weighted by Crippen LogP contribution is -2.62. The number of rotatable bonds is 5. The summed E-state index contributed by atoms with van der Waals surface area (Å²) in [5, 5.41) is 0. The molecule has 1 atom stereocenters. The topological polar surface area (TPSA) is 9.72 Å². The van der Waals surface area contributed by atoms with Gasteiger partial charge in [0.1, 0.15) is 0 Å². The Morgan fingerprint density at radius 1 is 0.537 bits per heavy atom. The fourth-order valence-electron chi connectivity index (χ4n) is 13.6. The smallest absolute Gasteiger partial charge is 0.252 e. The van der Waals surface area contributed by atoms with Crippen LogP contribution in [0.2, 0.25) is 0 Å². The molecule has 0 bridgehead atoms. The fraction of sp³-hybridized carbons (Fsp3) is 0.333. The van der Waals surface area contributed by atoms with Crippen molar-refractivity contribution in [1.29, 1.82) is 0 Å². The Morgan fingerprint density at radius 3 is 1.96 bits per heavy atom. The van der Waals surface area contributed by atoms with Gasteiger partial charge < -0.3 is 14.7 Å². The van der Waals surface area contributed by atoms with Gasteiger partial charge in [-0.15, -0.1) is 0 Å². The molecule has 67 heavy (non-hydrogen) atoms. The standard InChI is InChI=1S/C63H64BN3/c1-62(2,3)47-29-31-49(32-30-47)65(55-27-15-21-41-17-11-13-25-51(41)55)50-37-59-61-60(38-50)67(56-28-16-22-42-18-12-14-26-52(42)56)58-36-46-40-63(4,5)39-45(46)34-54(58)64(61)53-33-43-19-9-10-20-44(43)35-57(53)66(59)48-23-7-6-8-24-48/h6-8,12,14-15,18,21,23-24,26-27,29-38,56H,9-11,13,16-17,19-20,22,25,28,39-40H2,1-5H3. The van der Waals surface area contributed by atoms with Crippen molar-refractivity contribution in [3.63, 3.8) is 0 Å². The summed E-state index contributed by atoms with van der Waals surface area (Å²) in [5.41, 5.74) is 28.8. The largest absolute Gasteiger partial charge is 0.335 e. The van der Waals surface area contributed by atoms with E-state index in [4.69, 9.17) is 0 Å². The molecule has 0 saturated heterocycles. The highest BCUT2D eigenvalue weighted by atomic mass is 15.2. The van der Waals surface area contributed by atoms with Crippen molar-refractivity contribution >= 4 is 68.6 Å². The van der Waals surface area contributed by atoms with Gasteiger partial charge in [-0.05, 0) is 215 Å². The van der Waals surface area contributed by atoms with Crippen LogP contribution < -0.4 is 31.1 Å². The normalized spacial score (nSPS) is 18.5. The van der Waals surface area contributed by atoms with E-state index in [1.165, 1.54) is 134 Å². The van der Waals surface area contributed by atoms with Crippen LogP contribution in [0.5, 0.6) is 0 Å². The molecule has 7 aromatic rings. The predicted octanol–water partition coefficient (Wildman–Crippen LogP) is 14.2. The second-order valence-electron chi connectivity index (χ2n) is 22.8. The van der Waals surface area contributed by atoms with Crippen LogP contribution >= 0.6 is 0 Å². The summed E-state index contributed by atoms with van der Waals surface area (Å²) in [6.07, 6.45) is 15.3. The molecule has 0 N–H and O–H groups in total. The van der Waals surface area contributed by atoms with E-state index < -0.39 is 0 Å². The Kier molecular flexibility index (Phi) is 9.55. The minimum Gasteiger partial charge on any atom is -0.335 e. The molecule has 0 amide bonds. The molecule has 3 nitrogen and oxygen atoms in total. The van der Waals surface area contributed by atoms with Crippen molar-refractivity contribution in [2.45, 2.75) is 130 Å². The molecular formula is C63H64BN3. The SMILES string of the molecule is CC1(C)Cc2cc3c(cc2C1)N(C1CCCc2ccccc21)c1cc(N(c2ccc(C(C)(C)C)cc2)c2cccc4c2CCCC4)cc2c1B3c1cc3c(cc1N2c1ccccc1)CCCC3. The van der Waals surface area contributed by atoms with Gasteiger partial charge in [0.25, 0.3) is 6.71 Å². The third kappa shape index (κ3) is 6.75. The molecular weight excluding hydrogens is 810 g/mol. The van der Waals surface area contributed by atoms with Crippen LogP contribution in [0.15, 0.2) is 133 Å². The summed E-state index contributed by atoms with van der Waals surface area (Å²) in [6.45, 7) is 12.1. The molecule has 0 spiro atoms. The molecule has 4 heteroatoms. The van der Waals surface area contributed by atoms with Crippen molar-refractivity contribution in [2.24, 2.45) is 5.41 Å². The van der Waals surface area contributed by atoms with Gasteiger partial charge in [-0.1, -0.05) is 113 Å². The van der Waals surface area contributed by atoms with E-state index >= 15 is 0 Å². The van der Waals surface area contributed by atoms with E-state index in [2.05, 4.69) is 183 Å². The van der Waals surface area contributed by atoms with Gasteiger partial charge in [0.15, 0.2) is 0 Å². The zero-order valence-electron chi connectivity index (χ0n) is 40.4. The van der Waals surface area contributed by atoms with Crippen LogP contribution in [0.25, 0.3) is 0 Å². The molecule has 0 aromatic heterocycles. The summed E-state index contributed by atoms with van der Waals surface area (Å²) in [5.74, 6) is 0. The number of para-hydroxylation sites is 1. The summed E-state index contributed by atoms with van der Waals surface area (Å²) < 4.78 is 0. The zero-order valence-corrected chi connectivity index (χ0v) is 40.4. The highest BCUT2D eigenvalue weighted by Gasteiger charge is 2.47. The number of benzene rings is 7. The van der Waals surface area contributed by atoms with Crippen LogP contribution in [0.3, 0.4) is 0 Å². The molecule has 6 aliphatic rings. The van der Waals surface area contributed by atoms with Crippen LogP contribution in [0.4, 0.5) is 45.5 Å². The van der Waals surface area contributed by atoms with Crippen LogP contribution in [-0.4, -0.2) is 6.71 Å². The Labute approximate surface area is 400 Å². The van der Waals surface area contributed by atoms with Crippen molar-refractivity contribution in [2.75, 3.05) is 14.7 Å². The van der Waals surface area contributed by atoms with Gasteiger partial charge in [0, 0.05) is 39.8 Å². The Hall–Kier alpha value is -6.00. The van der Waals surface area contributed by atoms with E-state index in [0.29, 0.717) is 0 Å². The number of hydrogen-bond acceptors (Lipinski definition) is 3. The maximum Gasteiger partial charge on any atom is 0.252 e. The van der Waals surface area contributed by atoms with Gasteiger partial charge >= 0.3 is 0 Å². The molecule has 0 saturated carbocycles. The Morgan fingerprint density at radius 2 is 1.16 bits per heavy atom. The first-order valence-electron chi connectivity index (χ1n) is 25.8. The highest BCUT2D eigenvalue weighted by molar-refractivity contribution is 7.00. The van der Waals surface area contributed by atoms with Crippen molar-refractivity contribution in [3.8, 4) is 0 Å². The second-order valence-corrected chi connectivity index (χ2v) is 22.8. The minimum atomic E-state index is 0.0581. The Bertz CT molecular complexity index is 3100. The van der Waals surface area contributed by atoms with E-state index in [9.17, 15) is 0 Å². The first-order chi connectivity index (χ1) is 32.6. The van der Waals surface area contributed by atoms with Crippen LogP contribution in [0.1, 0.15) is 129 Å². The highest BCUT2D eigenvalue weighted by Crippen LogP contribution is 2.52. The van der Waals surface area contributed by atoms with Gasteiger partial charge in [-0.25, -0.2) is 0 Å². The van der Waals surface area contributed by atoms with Crippen LogP contribution in [0, 0.1) is 5.41 Å². The fourth-order valence-corrected chi connectivity index (χ4v) is 13.6. The average Bonchev–Trinajstić information content (AvgIpc) is 3.65. The lowest BCUT2D eigenvalue weighted by atomic mass is 9.33. The number of aryl methyl sites for hydroxylation is 4. The van der Waals surface area contributed by atoms with Gasteiger partial charge in [0.05, 0.1) is 11.7 Å². The maximum atomic E-state index is 2.88. The maximum absolute atomic E-state index is 2.88. The molecule has 334 valence electrons. The quantitative estimate of drug-likeness (QED) is 0.160. The molecule has 2 aliphatic heterocycles. The van der Waals surface area contributed by atoms with E-state index in [-0.39, 0.29) is 23.6 Å². The minimum absolute atomic E-state index is 0.0581. The molecule has 4 aliphatic carbocycles. The number of nitrogens with zero attached hydrogens (tertiary/aromatic N) is 3. The molecule has 7 aromatic carbocycles. The van der Waals surface area contributed by atoms with Crippen molar-refractivity contribution < 1.29 is 0 Å². The third-order valence-corrected chi connectivity index (χ3v) is 16.7. The number of hydrogen-bond donors (Lipinski definition) is 0. The number of fused-ring (bicyclic) bond motifs is 8. The zero-order chi connectivity index (χ0) is 45.2. The van der Waals surface area contributed by atoms with E-state index in [0.717, 1.165) is 44.9 Å². The molecule has 1 unspecified atom stereocenters. The molecule has 13 rings (SSSR count). The summed E-state index contributed by atoms with van der Waals surface area (Å²) in [4.78, 5) is 8.21. The lowest BCUT2D eigenvalue weighted by molar-refractivity contribution is 0.392. The molecule has 0 fully saturated rings. The van der Waals surface area contributed by atoms with Crippen molar-refractivity contribution in [3.05, 3.63) is 184 Å². The van der Waals surface area contributed by atoms with Gasteiger partial charge in [-0.3, -0.25) is 0 Å². The summed E-state index contributed by atoms with van der Waals surface area (Å²) in [6, 6.07) is 53.6. The summed E-state index contributed by atoms with van der Waals surface area (Å²) in [7, 11) is 0. The lowest BCUT2D eigenvalue weighted by Gasteiger charge is -2.48. The van der Waals surface area contributed by atoms with Gasteiger partial charge in [-0.2, -0.15) is 0 Å². The first-order valence-corrected chi connectivity index (χ1v) is 25.8. The van der Waals surface area contributed by atoms with Crippen LogP contribution in [-0.2, 0) is 50.4 Å². The summed E-state index contributed by atoms with van der Waals surface area (Å²) >= 11 is 0. The van der Waals surface area contributed by atoms with E-state index in [1.54, 1.807) is 16.7 Å². The second kappa shape index (κ2) is 15.5. The molecule has 2 heterocycles. The average molecular weight is 874 g/mol. The Balaban J connectivity index is 1.15. The first kappa shape index (κ1) is 41.2. The monoisotopic (exact) mass is 874 g/mol. The van der Waals surface area contributed by atoms with E-state index in [1.807, 2.05) is 0 Å². The van der Waals surface area contributed by atoms with Gasteiger partial charge in [0.2, 0.25) is 0 Å². The number of anilines is 8. The predicted molar refractivity (Wildman–Crippen MR) is 284 cm³/mol. The molecule has 0 radical (unpaired) electrons. The van der Waals surface area contributed by atoms with Crippen molar-refractivity contribution in [1.82, 2.24) is 0 Å². The third-order valence-electron chi connectivity index (χ3n) is 16.7.